The molecule has 19 heavy (non-hydrogen) atoms. The zero-order valence-electron chi connectivity index (χ0n) is 11.9. The number of anilines is 2. The van der Waals surface area contributed by atoms with Gasteiger partial charge in [0.15, 0.2) is 0 Å². The second kappa shape index (κ2) is 6.26. The Morgan fingerprint density at radius 2 is 2.16 bits per heavy atom. The number of nitrogens with one attached hydrogen (secondary N) is 1. The first kappa shape index (κ1) is 15.1. The standard InChI is InChI=1S/C13H22N4O2/c1-13(2,3)19-12(18)17(4)8-7-15-10-5-6-11(14)16-9-10/h5-6,9,15H,7-8H2,1-4H3,(H2,14,16). The number of hydrogen-bond donors (Lipinski definition) is 2. The van der Waals surface area contributed by atoms with Gasteiger partial charge in [-0.1, -0.05) is 0 Å². The minimum Gasteiger partial charge on any atom is -0.444 e. The van der Waals surface area contributed by atoms with Gasteiger partial charge in [-0.05, 0) is 32.9 Å². The van der Waals surface area contributed by atoms with Gasteiger partial charge in [0.1, 0.15) is 11.4 Å². The Balaban J connectivity index is 2.32. The SMILES string of the molecule is CN(CCNc1ccc(N)nc1)C(=O)OC(C)(C)C. The van der Waals surface area contributed by atoms with Crippen LogP contribution in [0.15, 0.2) is 18.3 Å². The number of amides is 1. The molecule has 6 nitrogen and oxygen atoms in total. The van der Waals surface area contributed by atoms with Crippen LogP contribution < -0.4 is 11.1 Å². The molecule has 0 bridgehead atoms. The van der Waals surface area contributed by atoms with Crippen molar-refractivity contribution in [3.8, 4) is 0 Å². The van der Waals surface area contributed by atoms with Crippen molar-refractivity contribution in [2.24, 2.45) is 0 Å². The number of nitrogens with two attached hydrogens (primary N) is 1. The molecule has 0 atom stereocenters. The monoisotopic (exact) mass is 266 g/mol. The molecule has 0 aliphatic rings. The van der Waals surface area contributed by atoms with Gasteiger partial charge in [-0.2, -0.15) is 0 Å². The van der Waals surface area contributed by atoms with Crippen LogP contribution in [0.2, 0.25) is 0 Å². The summed E-state index contributed by atoms with van der Waals surface area (Å²) in [6, 6.07) is 3.57. The van der Waals surface area contributed by atoms with Crippen molar-refractivity contribution < 1.29 is 9.53 Å². The van der Waals surface area contributed by atoms with Gasteiger partial charge in [-0.15, -0.1) is 0 Å². The highest BCUT2D eigenvalue weighted by Crippen LogP contribution is 2.09. The molecule has 106 valence electrons. The first-order chi connectivity index (χ1) is 8.78. The highest BCUT2D eigenvalue weighted by Gasteiger charge is 2.18. The summed E-state index contributed by atoms with van der Waals surface area (Å²) >= 11 is 0. The van der Waals surface area contributed by atoms with E-state index in [0.29, 0.717) is 18.9 Å². The van der Waals surface area contributed by atoms with Gasteiger partial charge >= 0.3 is 6.09 Å². The quantitative estimate of drug-likeness (QED) is 0.870. The molecule has 1 heterocycles. The minimum absolute atomic E-state index is 0.329. The first-order valence-corrected chi connectivity index (χ1v) is 6.17. The smallest absolute Gasteiger partial charge is 0.410 e. The molecule has 0 saturated carbocycles. The van der Waals surface area contributed by atoms with E-state index in [2.05, 4.69) is 10.3 Å². The van der Waals surface area contributed by atoms with Gasteiger partial charge in [-0.3, -0.25) is 0 Å². The third-order valence-corrected chi connectivity index (χ3v) is 2.27. The summed E-state index contributed by atoms with van der Waals surface area (Å²) in [4.78, 5) is 17.2. The van der Waals surface area contributed by atoms with Crippen LogP contribution in [0.5, 0.6) is 0 Å². The molecular weight excluding hydrogens is 244 g/mol. The van der Waals surface area contributed by atoms with Crippen LogP contribution in [-0.2, 0) is 4.74 Å². The van der Waals surface area contributed by atoms with Crippen LogP contribution >= 0.6 is 0 Å². The Labute approximate surface area is 113 Å². The van der Waals surface area contributed by atoms with E-state index in [1.54, 1.807) is 19.3 Å². The number of likely N-dealkylation sites (N-methyl/N-ethyl adjacent to an activating group) is 1. The molecule has 0 aliphatic carbocycles. The predicted octanol–water partition coefficient (Wildman–Crippen LogP) is 1.94. The van der Waals surface area contributed by atoms with Gasteiger partial charge in [0.05, 0.1) is 11.9 Å². The Kier molecular flexibility index (Phi) is 4.97. The first-order valence-electron chi connectivity index (χ1n) is 6.17. The van der Waals surface area contributed by atoms with Crippen molar-refractivity contribution in [2.75, 3.05) is 31.2 Å². The van der Waals surface area contributed by atoms with Crippen LogP contribution in [-0.4, -0.2) is 41.7 Å². The van der Waals surface area contributed by atoms with E-state index in [-0.39, 0.29) is 6.09 Å². The summed E-state index contributed by atoms with van der Waals surface area (Å²) in [5.74, 6) is 0.483. The fourth-order valence-electron chi connectivity index (χ4n) is 1.31. The minimum atomic E-state index is -0.473. The fourth-order valence-corrected chi connectivity index (χ4v) is 1.31. The molecule has 1 aromatic rings. The number of hydrogen-bond acceptors (Lipinski definition) is 5. The number of aromatic nitrogens is 1. The second-order valence-corrected chi connectivity index (χ2v) is 5.30. The molecule has 1 rings (SSSR count). The number of nitrogen functional groups attached to an aromatic ring is 1. The number of rotatable bonds is 4. The van der Waals surface area contributed by atoms with Crippen LogP contribution in [0.25, 0.3) is 0 Å². The Bertz CT molecular complexity index is 412. The molecule has 1 aromatic heterocycles. The third-order valence-electron chi connectivity index (χ3n) is 2.27. The summed E-state index contributed by atoms with van der Waals surface area (Å²) in [6.07, 6.45) is 1.33. The van der Waals surface area contributed by atoms with Gasteiger partial charge in [0, 0.05) is 20.1 Å². The van der Waals surface area contributed by atoms with Gasteiger partial charge < -0.3 is 20.7 Å². The second-order valence-electron chi connectivity index (χ2n) is 5.30. The van der Waals surface area contributed by atoms with Crippen molar-refractivity contribution >= 4 is 17.6 Å². The van der Waals surface area contributed by atoms with Crippen molar-refractivity contribution in [1.29, 1.82) is 0 Å². The number of ether oxygens (including phenoxy) is 1. The third kappa shape index (κ3) is 5.94. The topological polar surface area (TPSA) is 80.5 Å². The van der Waals surface area contributed by atoms with E-state index in [4.69, 9.17) is 10.5 Å². The lowest BCUT2D eigenvalue weighted by Crippen LogP contribution is -2.36. The van der Waals surface area contributed by atoms with Crippen LogP contribution in [0.3, 0.4) is 0 Å². The van der Waals surface area contributed by atoms with E-state index in [1.165, 1.54) is 4.90 Å². The summed E-state index contributed by atoms with van der Waals surface area (Å²) in [5, 5.41) is 3.15. The van der Waals surface area contributed by atoms with Crippen LogP contribution in [0.1, 0.15) is 20.8 Å². The van der Waals surface area contributed by atoms with E-state index in [1.807, 2.05) is 26.8 Å². The van der Waals surface area contributed by atoms with Gasteiger partial charge in [0.25, 0.3) is 0 Å². The lowest BCUT2D eigenvalue weighted by molar-refractivity contribution is 0.0305. The van der Waals surface area contributed by atoms with E-state index in [0.717, 1.165) is 5.69 Å². The molecule has 3 N–H and O–H groups in total. The highest BCUT2D eigenvalue weighted by atomic mass is 16.6. The lowest BCUT2D eigenvalue weighted by atomic mass is 10.2. The maximum absolute atomic E-state index is 11.7. The maximum Gasteiger partial charge on any atom is 0.410 e. The Morgan fingerprint density at radius 3 is 2.68 bits per heavy atom. The zero-order chi connectivity index (χ0) is 14.5. The zero-order valence-corrected chi connectivity index (χ0v) is 11.9. The van der Waals surface area contributed by atoms with Crippen molar-refractivity contribution in [3.05, 3.63) is 18.3 Å². The van der Waals surface area contributed by atoms with Crippen LogP contribution in [0, 0.1) is 0 Å². The summed E-state index contributed by atoms with van der Waals surface area (Å²) in [6.45, 7) is 6.69. The normalized spacial score (nSPS) is 10.9. The van der Waals surface area contributed by atoms with Gasteiger partial charge in [0.2, 0.25) is 0 Å². The van der Waals surface area contributed by atoms with Crippen molar-refractivity contribution in [2.45, 2.75) is 26.4 Å². The average molecular weight is 266 g/mol. The average Bonchev–Trinajstić information content (AvgIpc) is 2.29. The maximum atomic E-state index is 11.7. The number of carbonyl (C=O) groups is 1. The largest absolute Gasteiger partial charge is 0.444 e. The summed E-state index contributed by atoms with van der Waals surface area (Å²) in [5.41, 5.74) is 5.89. The van der Waals surface area contributed by atoms with E-state index in [9.17, 15) is 4.79 Å². The van der Waals surface area contributed by atoms with E-state index < -0.39 is 5.60 Å². The molecule has 0 radical (unpaired) electrons. The number of nitrogens with zero attached hydrogens (tertiary/aromatic N) is 2. The van der Waals surface area contributed by atoms with E-state index >= 15 is 0 Å². The predicted molar refractivity (Wildman–Crippen MR) is 76.0 cm³/mol. The number of carbonyl (C=O) groups excluding carboxylic acids is 1. The molecule has 0 aromatic carbocycles. The highest BCUT2D eigenvalue weighted by molar-refractivity contribution is 5.67. The fraction of sp³-hybridized carbons (Fsp3) is 0.538. The summed E-state index contributed by atoms with van der Waals surface area (Å²) < 4.78 is 5.25. The molecule has 0 unspecified atom stereocenters. The van der Waals surface area contributed by atoms with Crippen molar-refractivity contribution in [3.63, 3.8) is 0 Å². The molecule has 0 aliphatic heterocycles. The van der Waals surface area contributed by atoms with Crippen molar-refractivity contribution in [1.82, 2.24) is 9.88 Å². The summed E-state index contributed by atoms with van der Waals surface area (Å²) in [7, 11) is 1.71. The molecule has 6 heteroatoms. The Morgan fingerprint density at radius 1 is 1.47 bits per heavy atom. The molecule has 0 fully saturated rings. The molecule has 0 spiro atoms. The molecule has 1 amide bonds. The molecular formula is C13H22N4O2. The molecule has 0 saturated heterocycles. The lowest BCUT2D eigenvalue weighted by Gasteiger charge is -2.24. The Hall–Kier alpha value is -1.98. The van der Waals surface area contributed by atoms with Gasteiger partial charge in [-0.25, -0.2) is 9.78 Å². The number of pyridine rings is 1. The van der Waals surface area contributed by atoms with Crippen LogP contribution in [0.4, 0.5) is 16.3 Å².